The molecule has 0 aliphatic heterocycles. The summed E-state index contributed by atoms with van der Waals surface area (Å²) in [6, 6.07) is 11.5. The monoisotopic (exact) mass is 375 g/mol. The molecule has 0 aliphatic carbocycles. The van der Waals surface area contributed by atoms with E-state index >= 15 is 0 Å². The third-order valence-electron chi connectivity index (χ3n) is 3.62. The molecule has 0 bridgehead atoms. The van der Waals surface area contributed by atoms with Crippen LogP contribution in [-0.4, -0.2) is 19.8 Å². The lowest BCUT2D eigenvalue weighted by molar-refractivity contribution is 0.195. The lowest BCUT2D eigenvalue weighted by atomic mass is 10.1. The molecule has 7 nitrogen and oxygen atoms in total. The van der Waals surface area contributed by atoms with Crippen molar-refractivity contribution >= 4 is 26.7 Å². The summed E-state index contributed by atoms with van der Waals surface area (Å²) in [4.78, 5) is 12.6. The van der Waals surface area contributed by atoms with E-state index in [4.69, 9.17) is 9.15 Å². The average Bonchev–Trinajstić information content (AvgIpc) is 2.55. The highest BCUT2D eigenvalue weighted by Gasteiger charge is 2.17. The Hall–Kier alpha value is -2.84. The highest BCUT2D eigenvalue weighted by molar-refractivity contribution is 7.92. The number of fused-ring (bicyclic) bond motifs is 1. The van der Waals surface area contributed by atoms with Gasteiger partial charge in [0.25, 0.3) is 0 Å². The van der Waals surface area contributed by atoms with Gasteiger partial charge in [-0.1, -0.05) is 18.2 Å². The first kappa shape index (κ1) is 18.0. The number of aliphatic hydroxyl groups is 1. The van der Waals surface area contributed by atoms with Crippen molar-refractivity contribution in [1.82, 2.24) is 0 Å². The van der Waals surface area contributed by atoms with E-state index in [0.29, 0.717) is 5.75 Å². The van der Waals surface area contributed by atoms with E-state index in [1.54, 1.807) is 24.3 Å². The van der Waals surface area contributed by atoms with Crippen LogP contribution < -0.4 is 14.9 Å². The molecule has 8 heteroatoms. The molecule has 1 aromatic heterocycles. The van der Waals surface area contributed by atoms with Crippen LogP contribution >= 0.6 is 0 Å². The number of para-hydroxylation sites is 1. The van der Waals surface area contributed by atoms with Crippen LogP contribution in [0.4, 0.5) is 5.69 Å². The Kier molecular flexibility index (Phi) is 4.71. The summed E-state index contributed by atoms with van der Waals surface area (Å²) < 4.78 is 36.8. The molecule has 1 unspecified atom stereocenters. The Morgan fingerprint density at radius 3 is 2.50 bits per heavy atom. The summed E-state index contributed by atoms with van der Waals surface area (Å²) in [7, 11) is -3.58. The first-order valence-electron chi connectivity index (χ1n) is 7.73. The van der Waals surface area contributed by atoms with E-state index in [1.807, 2.05) is 6.07 Å². The van der Waals surface area contributed by atoms with Gasteiger partial charge in [0.1, 0.15) is 17.6 Å². The van der Waals surface area contributed by atoms with Gasteiger partial charge in [0.2, 0.25) is 10.0 Å². The largest absolute Gasteiger partial charge is 0.464 e. The number of sulfonamides is 1. The second-order valence-corrected chi connectivity index (χ2v) is 7.58. The predicted molar refractivity (Wildman–Crippen MR) is 98.1 cm³/mol. The maximum atomic E-state index is 12.6. The zero-order chi connectivity index (χ0) is 18.9. The Labute approximate surface area is 149 Å². The summed E-state index contributed by atoms with van der Waals surface area (Å²) in [6.07, 6.45) is 1.18. The lowest BCUT2D eigenvalue weighted by Crippen LogP contribution is -2.13. The Morgan fingerprint density at radius 2 is 1.88 bits per heavy atom. The van der Waals surface area contributed by atoms with Crippen LogP contribution in [0.1, 0.15) is 18.6 Å². The van der Waals surface area contributed by atoms with Crippen molar-refractivity contribution in [2.45, 2.75) is 13.0 Å². The fourth-order valence-electron chi connectivity index (χ4n) is 2.44. The number of hydrogen-bond acceptors (Lipinski definition) is 6. The van der Waals surface area contributed by atoms with E-state index < -0.39 is 21.6 Å². The molecular formula is C18H17NO6S. The van der Waals surface area contributed by atoms with Crippen molar-refractivity contribution in [2.24, 2.45) is 0 Å². The van der Waals surface area contributed by atoms with E-state index in [9.17, 15) is 18.3 Å². The smallest absolute Gasteiger partial charge is 0.229 e. The fourth-order valence-corrected chi connectivity index (χ4v) is 3.00. The van der Waals surface area contributed by atoms with Crippen LogP contribution in [0.25, 0.3) is 11.0 Å². The molecule has 2 N–H and O–H groups in total. The molecule has 0 aliphatic rings. The van der Waals surface area contributed by atoms with Gasteiger partial charge in [0.15, 0.2) is 11.2 Å². The highest BCUT2D eigenvalue weighted by atomic mass is 32.2. The van der Waals surface area contributed by atoms with Crippen molar-refractivity contribution in [1.29, 1.82) is 0 Å². The molecule has 1 heterocycles. The molecule has 3 rings (SSSR count). The van der Waals surface area contributed by atoms with Gasteiger partial charge in [0.05, 0.1) is 29.0 Å². The maximum Gasteiger partial charge on any atom is 0.229 e. The van der Waals surface area contributed by atoms with Crippen molar-refractivity contribution in [2.75, 3.05) is 11.0 Å². The minimum atomic E-state index is -3.58. The van der Waals surface area contributed by atoms with Gasteiger partial charge < -0.3 is 14.3 Å². The number of aliphatic hydroxyl groups excluding tert-OH is 1. The van der Waals surface area contributed by atoms with E-state index in [2.05, 4.69) is 4.72 Å². The van der Waals surface area contributed by atoms with Crippen LogP contribution in [0, 0.1) is 0 Å². The molecule has 3 aromatic rings. The first-order chi connectivity index (χ1) is 12.2. The number of hydrogen-bond donors (Lipinski definition) is 2. The highest BCUT2D eigenvalue weighted by Crippen LogP contribution is 2.34. The Bertz CT molecular complexity index is 1100. The minimum Gasteiger partial charge on any atom is -0.464 e. The maximum absolute atomic E-state index is 12.6. The van der Waals surface area contributed by atoms with Gasteiger partial charge in [-0.15, -0.1) is 0 Å². The Morgan fingerprint density at radius 1 is 1.19 bits per heavy atom. The van der Waals surface area contributed by atoms with Crippen LogP contribution in [0.15, 0.2) is 57.9 Å². The fraction of sp³-hybridized carbons (Fsp3) is 0.167. The first-order valence-corrected chi connectivity index (χ1v) is 9.62. The van der Waals surface area contributed by atoms with Crippen molar-refractivity contribution in [3.05, 3.63) is 64.5 Å². The van der Waals surface area contributed by atoms with Gasteiger partial charge in [-0.25, -0.2) is 8.42 Å². The Balaban J connectivity index is 2.21. The molecule has 1 atom stereocenters. The van der Waals surface area contributed by atoms with Gasteiger partial charge >= 0.3 is 0 Å². The number of rotatable bonds is 5. The molecule has 26 heavy (non-hydrogen) atoms. The summed E-state index contributed by atoms with van der Waals surface area (Å²) in [6.45, 7) is 1.46. The van der Waals surface area contributed by atoms with Crippen LogP contribution in [0.5, 0.6) is 11.5 Å². The summed E-state index contributed by atoms with van der Waals surface area (Å²) in [5.41, 5.74) is -0.000174. The lowest BCUT2D eigenvalue weighted by Gasteiger charge is -2.13. The zero-order valence-corrected chi connectivity index (χ0v) is 14.9. The normalized spacial score (nSPS) is 12.7. The van der Waals surface area contributed by atoms with Crippen molar-refractivity contribution in [3.63, 3.8) is 0 Å². The van der Waals surface area contributed by atoms with Crippen LogP contribution in [0.3, 0.4) is 0 Å². The van der Waals surface area contributed by atoms with Gasteiger partial charge in [0, 0.05) is 6.07 Å². The molecule has 2 aromatic carbocycles. The quantitative estimate of drug-likeness (QED) is 0.710. The van der Waals surface area contributed by atoms with Crippen molar-refractivity contribution in [3.8, 4) is 11.5 Å². The SMILES string of the molecule is CC(O)c1coc2cc(NS(C)(=O)=O)c(Oc3ccccc3)cc2c1=O. The molecule has 0 fully saturated rings. The van der Waals surface area contributed by atoms with E-state index in [-0.39, 0.29) is 28.0 Å². The van der Waals surface area contributed by atoms with Crippen molar-refractivity contribution < 1.29 is 22.7 Å². The molecule has 136 valence electrons. The van der Waals surface area contributed by atoms with Gasteiger partial charge in [-0.2, -0.15) is 0 Å². The third kappa shape index (κ3) is 3.87. The number of nitrogens with one attached hydrogen (secondary N) is 1. The summed E-state index contributed by atoms with van der Waals surface area (Å²) in [5, 5.41) is 9.87. The number of ether oxygens (including phenoxy) is 1. The number of benzene rings is 2. The second-order valence-electron chi connectivity index (χ2n) is 5.83. The topological polar surface area (TPSA) is 106 Å². The van der Waals surface area contributed by atoms with E-state index in [1.165, 1.54) is 19.1 Å². The summed E-state index contributed by atoms with van der Waals surface area (Å²) >= 11 is 0. The summed E-state index contributed by atoms with van der Waals surface area (Å²) in [5.74, 6) is 0.614. The average molecular weight is 375 g/mol. The number of anilines is 1. The second kappa shape index (κ2) is 6.81. The van der Waals surface area contributed by atoms with E-state index in [0.717, 1.165) is 12.5 Å². The third-order valence-corrected chi connectivity index (χ3v) is 4.21. The minimum absolute atomic E-state index is 0.104. The van der Waals surface area contributed by atoms with Gasteiger partial charge in [-0.05, 0) is 25.1 Å². The molecule has 0 saturated carbocycles. The molecule has 0 amide bonds. The van der Waals surface area contributed by atoms with Crippen LogP contribution in [0.2, 0.25) is 0 Å². The molecule has 0 saturated heterocycles. The van der Waals surface area contributed by atoms with Crippen LogP contribution in [-0.2, 0) is 10.0 Å². The molecule has 0 spiro atoms. The van der Waals surface area contributed by atoms with Gasteiger partial charge in [-0.3, -0.25) is 9.52 Å². The predicted octanol–water partition coefficient (Wildman–Crippen LogP) is 3.01. The standard InChI is InChI=1S/C18H17NO6S/c1-11(20)14-10-24-16-9-15(19-26(2,22)23)17(8-13(16)18(14)21)25-12-6-4-3-5-7-12/h3-11,19-20H,1-2H3. The molecular weight excluding hydrogens is 358 g/mol. The molecule has 0 radical (unpaired) electrons. The zero-order valence-electron chi connectivity index (χ0n) is 14.1.